The van der Waals surface area contributed by atoms with Crippen molar-refractivity contribution in [3.05, 3.63) is 46.2 Å². The second kappa shape index (κ2) is 21.1. The first kappa shape index (κ1) is 55.0. The first-order valence-corrected chi connectivity index (χ1v) is 25.2. The molecule has 12 unspecified atom stereocenters. The van der Waals surface area contributed by atoms with Crippen LogP contribution in [0.2, 0.25) is 0 Å². The van der Waals surface area contributed by atoms with Crippen molar-refractivity contribution in [2.75, 3.05) is 18.9 Å². The topological polar surface area (TPSA) is 556 Å². The Hall–Kier alpha value is -2.32. The molecule has 1 aromatic rings. The molecular weight excluding hydrogens is 994 g/mol. The highest BCUT2D eigenvalue weighted by Gasteiger charge is 2.47. The molecule has 40 heteroatoms. The van der Waals surface area contributed by atoms with Crippen LogP contribution in [0.1, 0.15) is 25.5 Å². The van der Waals surface area contributed by atoms with Crippen LogP contribution in [0.15, 0.2) is 40.0 Å². The summed E-state index contributed by atoms with van der Waals surface area (Å²) in [4.78, 5) is 117. The van der Waals surface area contributed by atoms with Crippen LogP contribution < -0.4 is 61.1 Å². The van der Waals surface area contributed by atoms with E-state index in [9.17, 15) is 96.6 Å². The van der Waals surface area contributed by atoms with Crippen LogP contribution in [0, 0.1) is 0 Å². The molecule has 0 bridgehead atoms. The Morgan fingerprint density at radius 3 is 1.67 bits per heavy atom. The Morgan fingerprint density at radius 2 is 1.25 bits per heavy atom. The Bertz CT molecular complexity index is 2300. The zero-order valence-corrected chi connectivity index (χ0v) is 36.7. The summed E-state index contributed by atoms with van der Waals surface area (Å²) in [6, 6.07) is 0. The fraction of sp³-hybridized carbons (Fsp3) is 0.565. The minimum absolute atomic E-state index is 0.0218. The van der Waals surface area contributed by atoms with E-state index in [4.69, 9.17) is 15.2 Å². The second-order valence-electron chi connectivity index (χ2n) is 12.2. The number of aliphatic imine (C=N–C) groups is 1. The standard InChI is InChI=1S/C12H20N3O14P3.C11H20N3O14P3/c1-5-7(3-13-12(14-5)15-6(2)16)11-10(18)9(17)8(27-11)4-26-31(22,23)29-32(24,25)28-30(19,20)21;1-2-14-3-5(10(17)13-11(14)12)9-8(16)7(15)6(26-9)4-25-30(21,22)28-31(23,24)27-29(18,19)20/h3,8-11,17-18H,1,4H2,2H3,(H,22,23)(H,24,25)(H2,19,20,21)(H2,13,14,15,16);3,6-9,15-16H,2,4H2,1H3,(H,21,22)(H,23,24)(H2,12,13,17)(H2,18,19,20)/p-8. The number of aliphatic hydroxyl groups is 4. The van der Waals surface area contributed by atoms with Crippen molar-refractivity contribution in [1.82, 2.24) is 20.2 Å². The number of carbonyl (C=O) groups excluding carboxylic acids is 1. The van der Waals surface area contributed by atoms with Crippen molar-refractivity contribution >= 4 is 64.8 Å². The third-order valence-electron chi connectivity index (χ3n) is 7.57. The normalized spacial score (nSPS) is 29.1. The van der Waals surface area contributed by atoms with E-state index < -0.39 is 120 Å². The first-order chi connectivity index (χ1) is 28.5. The highest BCUT2D eigenvalue weighted by Crippen LogP contribution is 2.61. The lowest BCUT2D eigenvalue weighted by Crippen LogP contribution is -2.43. The van der Waals surface area contributed by atoms with Crippen LogP contribution in [0.3, 0.4) is 0 Å². The zero-order chi connectivity index (χ0) is 48.3. The number of phosphoric acid groups is 6. The quantitative estimate of drug-likeness (QED) is 0.0713. The molecule has 2 saturated heterocycles. The fourth-order valence-corrected chi connectivity index (χ4v) is 10.8. The smallest absolute Gasteiger partial charge is 0.280 e. The van der Waals surface area contributed by atoms with Gasteiger partial charge in [0.2, 0.25) is 17.8 Å². The van der Waals surface area contributed by atoms with Crippen LogP contribution in [0.4, 0.5) is 5.95 Å². The molecule has 8 N–H and O–H groups in total. The fourth-order valence-electron chi connectivity index (χ4n) is 5.09. The molecule has 0 radical (unpaired) electrons. The van der Waals surface area contributed by atoms with Crippen LogP contribution in [0.25, 0.3) is 0 Å². The van der Waals surface area contributed by atoms with E-state index in [0.29, 0.717) is 0 Å². The van der Waals surface area contributed by atoms with Gasteiger partial charge in [0, 0.05) is 37.1 Å². The molecule has 0 saturated carbocycles. The molecule has 3 aliphatic rings. The van der Waals surface area contributed by atoms with E-state index in [0.717, 1.165) is 6.20 Å². The van der Waals surface area contributed by atoms with E-state index in [1.807, 2.05) is 0 Å². The van der Waals surface area contributed by atoms with Gasteiger partial charge in [-0.2, -0.15) is 4.98 Å². The number of guanidine groups is 1. The summed E-state index contributed by atoms with van der Waals surface area (Å²) in [5, 5.41) is 45.4. The first-order valence-electron chi connectivity index (χ1n) is 16.4. The number of nitrogens with zero attached hydrogens (tertiary/aromatic N) is 3. The minimum atomic E-state index is -6.16. The van der Waals surface area contributed by atoms with Crippen LogP contribution >= 0.6 is 46.9 Å². The Kier molecular flexibility index (Phi) is 18.4. The molecule has 360 valence electrons. The van der Waals surface area contributed by atoms with Crippen LogP contribution in [-0.2, 0) is 74.5 Å². The molecule has 1 amide bonds. The largest absolute Gasteiger partial charge is 0.790 e. The van der Waals surface area contributed by atoms with E-state index in [1.165, 1.54) is 17.7 Å². The molecule has 2 fully saturated rings. The van der Waals surface area contributed by atoms with Gasteiger partial charge in [-0.3, -0.25) is 41.8 Å². The highest BCUT2D eigenvalue weighted by atomic mass is 31.3. The third-order valence-corrected chi connectivity index (χ3v) is 14.9. The lowest BCUT2D eigenvalue weighted by Gasteiger charge is -2.37. The summed E-state index contributed by atoms with van der Waals surface area (Å²) in [7, 11) is -36.2. The van der Waals surface area contributed by atoms with E-state index in [1.54, 1.807) is 6.92 Å². The molecule has 63 heavy (non-hydrogen) atoms. The molecule has 12 atom stereocenters. The van der Waals surface area contributed by atoms with Gasteiger partial charge in [0.1, 0.15) is 48.8 Å². The summed E-state index contributed by atoms with van der Waals surface area (Å²) >= 11 is 0. The molecule has 4 rings (SSSR count). The SMILES string of the molecule is C=C1NC(NC(C)=O)=NC=C1C1OC(COP(=O)([O-])OP(=O)([O-])OP(=O)([O-])[O-])C(O)C1O.CCn1cc(C2OC(COP(=O)([O-])OP(=O)([O-])OP(=O)([O-])[O-])C(O)C2O)c(=O)nc1N. The molecular formula is C23H32N6O28P6-8. The Morgan fingerprint density at radius 1 is 0.810 bits per heavy atom. The van der Waals surface area contributed by atoms with E-state index in [-0.39, 0.29) is 35.3 Å². The number of nitrogens with one attached hydrogen (secondary N) is 2. The number of aryl methyl sites for hydroxylation is 1. The zero-order valence-electron chi connectivity index (χ0n) is 31.3. The van der Waals surface area contributed by atoms with Gasteiger partial charge in [0.05, 0.1) is 34.4 Å². The number of phosphoric ester groups is 2. The molecule has 1 aromatic heterocycles. The molecule has 0 aliphatic carbocycles. The molecule has 3 aliphatic heterocycles. The number of anilines is 1. The average molecular weight is 1030 g/mol. The number of aliphatic hydroxyl groups excluding tert-OH is 4. The van der Waals surface area contributed by atoms with Gasteiger partial charge < -0.3 is 103 Å². The van der Waals surface area contributed by atoms with Gasteiger partial charge in [-0.15, -0.1) is 0 Å². The maximum atomic E-state index is 12.1. The van der Waals surface area contributed by atoms with Gasteiger partial charge in [-0.25, -0.2) is 13.6 Å². The number of ether oxygens (including phenoxy) is 2. The number of hydrogen-bond donors (Lipinski definition) is 7. The number of nitrogen functional groups attached to an aromatic ring is 1. The monoisotopic (exact) mass is 1030 g/mol. The maximum Gasteiger partial charge on any atom is 0.280 e. The van der Waals surface area contributed by atoms with Crippen LogP contribution in [-0.4, -0.2) is 97.8 Å². The summed E-state index contributed by atoms with van der Waals surface area (Å²) in [6.45, 7) is 4.62. The van der Waals surface area contributed by atoms with Crippen molar-refractivity contribution in [2.45, 2.75) is 69.2 Å². The lowest BCUT2D eigenvalue weighted by molar-refractivity contribution is -0.342. The number of carbonyl (C=O) groups is 1. The maximum absolute atomic E-state index is 12.1. The highest BCUT2D eigenvalue weighted by molar-refractivity contribution is 7.65. The number of hydrogen-bond acceptors (Lipinski definition) is 32. The van der Waals surface area contributed by atoms with Gasteiger partial charge in [0.25, 0.3) is 36.9 Å². The van der Waals surface area contributed by atoms with Crippen molar-refractivity contribution in [2.24, 2.45) is 4.99 Å². The van der Waals surface area contributed by atoms with Crippen molar-refractivity contribution in [1.29, 1.82) is 0 Å². The van der Waals surface area contributed by atoms with Gasteiger partial charge >= 0.3 is 0 Å². The Labute approximate surface area is 351 Å². The predicted octanol–water partition coefficient (Wildman–Crippen LogP) is -8.39. The molecule has 34 nitrogen and oxygen atoms in total. The molecule has 0 spiro atoms. The van der Waals surface area contributed by atoms with Gasteiger partial charge in [0.15, 0.2) is 0 Å². The predicted molar refractivity (Wildman–Crippen MR) is 182 cm³/mol. The van der Waals surface area contributed by atoms with E-state index in [2.05, 4.69) is 53.5 Å². The molecule has 4 heterocycles. The van der Waals surface area contributed by atoms with Gasteiger partial charge in [-0.05, 0) is 6.92 Å². The average Bonchev–Trinajstić information content (AvgIpc) is 3.52. The Balaban J connectivity index is 0.000000335. The van der Waals surface area contributed by atoms with Crippen LogP contribution in [0.5, 0.6) is 0 Å². The van der Waals surface area contributed by atoms with Gasteiger partial charge in [-0.1, -0.05) is 6.58 Å². The summed E-state index contributed by atoms with van der Waals surface area (Å²) in [6.07, 6.45) is -10.5. The number of rotatable bonds is 17. The number of amides is 1. The van der Waals surface area contributed by atoms with Crippen molar-refractivity contribution in [3.8, 4) is 0 Å². The number of nitrogens with two attached hydrogens (primary N) is 1. The summed E-state index contributed by atoms with van der Waals surface area (Å²) in [5.41, 5.74) is 4.69. The number of aromatic nitrogens is 2. The minimum Gasteiger partial charge on any atom is -0.790 e. The summed E-state index contributed by atoms with van der Waals surface area (Å²) in [5.74, 6) is -0.538. The third kappa shape index (κ3) is 16.8. The van der Waals surface area contributed by atoms with Crippen molar-refractivity contribution in [3.63, 3.8) is 0 Å². The summed E-state index contributed by atoms with van der Waals surface area (Å²) < 4.78 is 99.1. The second-order valence-corrected chi connectivity index (χ2v) is 20.7. The lowest BCUT2D eigenvalue weighted by atomic mass is 10.00. The van der Waals surface area contributed by atoms with E-state index >= 15 is 0 Å². The molecule has 0 aromatic carbocycles. The van der Waals surface area contributed by atoms with Crippen molar-refractivity contribution < 1.29 is 128 Å².